The minimum absolute atomic E-state index is 0.0248. The van der Waals surface area contributed by atoms with Crippen LogP contribution in [0.5, 0.6) is 0 Å². The molecule has 128 valence electrons. The Hall–Kier alpha value is -2.12. The Morgan fingerprint density at radius 1 is 1.33 bits per heavy atom. The monoisotopic (exact) mass is 330 g/mol. The van der Waals surface area contributed by atoms with Crippen molar-refractivity contribution < 1.29 is 14.0 Å². The maximum Gasteiger partial charge on any atom is 0.248 e. The van der Waals surface area contributed by atoms with Crippen molar-refractivity contribution in [1.82, 2.24) is 19.7 Å². The van der Waals surface area contributed by atoms with Gasteiger partial charge in [0, 0.05) is 25.8 Å². The lowest BCUT2D eigenvalue weighted by molar-refractivity contribution is -0.198. The number of hydrogen-bond donors (Lipinski definition) is 0. The van der Waals surface area contributed by atoms with E-state index < -0.39 is 0 Å². The Morgan fingerprint density at radius 2 is 2.29 bits per heavy atom. The van der Waals surface area contributed by atoms with Gasteiger partial charge in [-0.2, -0.15) is 5.10 Å². The molecule has 0 aromatic carbocycles. The zero-order valence-corrected chi connectivity index (χ0v) is 13.6. The highest BCUT2D eigenvalue weighted by Gasteiger charge is 2.30. The molecule has 4 rings (SSSR count). The first-order chi connectivity index (χ1) is 11.8. The molecule has 0 unspecified atom stereocenters. The van der Waals surface area contributed by atoms with E-state index in [1.807, 2.05) is 22.9 Å². The van der Waals surface area contributed by atoms with Crippen LogP contribution in [0.15, 0.2) is 35.1 Å². The largest absolute Gasteiger partial charge is 0.468 e. The topological polar surface area (TPSA) is 63.7 Å². The molecule has 0 N–H and O–H groups in total. The van der Waals surface area contributed by atoms with Crippen molar-refractivity contribution in [2.24, 2.45) is 0 Å². The van der Waals surface area contributed by atoms with E-state index in [1.54, 1.807) is 12.5 Å². The molecule has 1 fully saturated rings. The quantitative estimate of drug-likeness (QED) is 0.858. The van der Waals surface area contributed by atoms with Gasteiger partial charge in [-0.1, -0.05) is 0 Å². The minimum atomic E-state index is 0.0248. The molecule has 0 saturated carbocycles. The number of aromatic nitrogens is 2. The van der Waals surface area contributed by atoms with Crippen LogP contribution in [0.4, 0.5) is 0 Å². The SMILES string of the molecule is O=C(C[C@H]1CN(Cc2ccco2)Cc2ccnn21)N1CCCCO1. The number of hydrogen-bond acceptors (Lipinski definition) is 5. The molecule has 7 heteroatoms. The smallest absolute Gasteiger partial charge is 0.248 e. The van der Waals surface area contributed by atoms with E-state index in [1.165, 1.54) is 5.06 Å². The maximum absolute atomic E-state index is 12.5. The fourth-order valence-electron chi connectivity index (χ4n) is 3.46. The Kier molecular flexibility index (Phi) is 4.36. The van der Waals surface area contributed by atoms with Crippen molar-refractivity contribution in [3.05, 3.63) is 42.1 Å². The lowest BCUT2D eigenvalue weighted by atomic mass is 10.1. The van der Waals surface area contributed by atoms with Crippen LogP contribution in [0.3, 0.4) is 0 Å². The second-order valence-corrected chi connectivity index (χ2v) is 6.41. The van der Waals surface area contributed by atoms with Crippen LogP contribution in [-0.4, -0.2) is 45.3 Å². The van der Waals surface area contributed by atoms with Gasteiger partial charge in [0.1, 0.15) is 5.76 Å². The first kappa shape index (κ1) is 15.4. The van der Waals surface area contributed by atoms with Crippen molar-refractivity contribution in [2.75, 3.05) is 19.7 Å². The van der Waals surface area contributed by atoms with Gasteiger partial charge in [0.15, 0.2) is 0 Å². The summed E-state index contributed by atoms with van der Waals surface area (Å²) < 4.78 is 7.44. The van der Waals surface area contributed by atoms with Gasteiger partial charge in [0.25, 0.3) is 0 Å². The van der Waals surface area contributed by atoms with E-state index >= 15 is 0 Å². The molecule has 0 spiro atoms. The summed E-state index contributed by atoms with van der Waals surface area (Å²) in [5.74, 6) is 0.980. The van der Waals surface area contributed by atoms with Crippen molar-refractivity contribution >= 4 is 5.91 Å². The lowest BCUT2D eigenvalue weighted by Gasteiger charge is -2.34. The number of rotatable bonds is 4. The van der Waals surface area contributed by atoms with Crippen molar-refractivity contribution in [1.29, 1.82) is 0 Å². The number of fused-ring (bicyclic) bond motifs is 1. The van der Waals surface area contributed by atoms with E-state index in [9.17, 15) is 4.79 Å². The van der Waals surface area contributed by atoms with Crippen molar-refractivity contribution in [2.45, 2.75) is 38.4 Å². The molecule has 0 bridgehead atoms. The number of furan rings is 1. The number of carbonyl (C=O) groups is 1. The molecule has 1 amide bonds. The standard InChI is InChI=1S/C17H22N4O3/c22-17(20-7-1-2-9-24-20)10-15-12-19(13-16-4-3-8-23-16)11-14-5-6-18-21(14)15/h3-6,8,15H,1-2,7,9-13H2/t15-/m0/s1. The minimum Gasteiger partial charge on any atom is -0.468 e. The van der Waals surface area contributed by atoms with Crippen LogP contribution in [0.1, 0.15) is 36.8 Å². The Labute approximate surface area is 140 Å². The molecule has 24 heavy (non-hydrogen) atoms. The Morgan fingerprint density at radius 3 is 3.08 bits per heavy atom. The number of hydroxylamine groups is 2. The third-order valence-corrected chi connectivity index (χ3v) is 4.60. The molecule has 7 nitrogen and oxygen atoms in total. The van der Waals surface area contributed by atoms with Crippen molar-refractivity contribution in [3.8, 4) is 0 Å². The van der Waals surface area contributed by atoms with Gasteiger partial charge < -0.3 is 4.42 Å². The average molecular weight is 330 g/mol. The van der Waals surface area contributed by atoms with Gasteiger partial charge >= 0.3 is 0 Å². The highest BCUT2D eigenvalue weighted by atomic mass is 16.7. The second-order valence-electron chi connectivity index (χ2n) is 6.41. The zero-order chi connectivity index (χ0) is 16.4. The third kappa shape index (κ3) is 3.22. The molecule has 2 aromatic heterocycles. The Bertz CT molecular complexity index is 676. The van der Waals surface area contributed by atoms with E-state index in [0.717, 1.165) is 43.9 Å². The van der Waals surface area contributed by atoms with E-state index in [-0.39, 0.29) is 11.9 Å². The molecule has 4 heterocycles. The second kappa shape index (κ2) is 6.78. The van der Waals surface area contributed by atoms with Crippen LogP contribution in [0.2, 0.25) is 0 Å². The number of amides is 1. The van der Waals surface area contributed by atoms with Gasteiger partial charge in [0.2, 0.25) is 5.91 Å². The van der Waals surface area contributed by atoms with Gasteiger partial charge in [-0.15, -0.1) is 0 Å². The molecule has 1 saturated heterocycles. The predicted octanol–water partition coefficient (Wildman–Crippen LogP) is 1.98. The van der Waals surface area contributed by atoms with Crippen LogP contribution < -0.4 is 0 Å². The van der Waals surface area contributed by atoms with Gasteiger partial charge in [-0.25, -0.2) is 5.06 Å². The van der Waals surface area contributed by atoms with E-state index in [4.69, 9.17) is 9.25 Å². The van der Waals surface area contributed by atoms with Crippen LogP contribution in [-0.2, 0) is 22.7 Å². The van der Waals surface area contributed by atoms with Crippen LogP contribution >= 0.6 is 0 Å². The number of nitrogens with zero attached hydrogens (tertiary/aromatic N) is 4. The summed E-state index contributed by atoms with van der Waals surface area (Å²) >= 11 is 0. The zero-order valence-electron chi connectivity index (χ0n) is 13.6. The summed E-state index contributed by atoms with van der Waals surface area (Å²) in [6.45, 7) is 3.64. The highest BCUT2D eigenvalue weighted by Crippen LogP contribution is 2.25. The molecule has 0 aliphatic carbocycles. The summed E-state index contributed by atoms with van der Waals surface area (Å²) in [7, 11) is 0. The third-order valence-electron chi connectivity index (χ3n) is 4.60. The van der Waals surface area contributed by atoms with Crippen LogP contribution in [0.25, 0.3) is 0 Å². The predicted molar refractivity (Wildman–Crippen MR) is 85.6 cm³/mol. The fraction of sp³-hybridized carbons (Fsp3) is 0.529. The summed E-state index contributed by atoms with van der Waals surface area (Å²) in [5.41, 5.74) is 1.13. The van der Waals surface area contributed by atoms with Gasteiger partial charge in [0.05, 0.1) is 37.6 Å². The summed E-state index contributed by atoms with van der Waals surface area (Å²) in [6.07, 6.45) is 5.93. The van der Waals surface area contributed by atoms with E-state index in [0.29, 0.717) is 19.6 Å². The first-order valence-electron chi connectivity index (χ1n) is 8.50. The molecular weight excluding hydrogens is 308 g/mol. The molecule has 1 atom stereocenters. The molecule has 2 aliphatic heterocycles. The Balaban J connectivity index is 1.46. The summed E-state index contributed by atoms with van der Waals surface area (Å²) in [4.78, 5) is 20.3. The summed E-state index contributed by atoms with van der Waals surface area (Å²) in [6, 6.07) is 5.92. The highest BCUT2D eigenvalue weighted by molar-refractivity contribution is 5.75. The first-order valence-corrected chi connectivity index (χ1v) is 8.50. The molecule has 0 radical (unpaired) electrons. The van der Waals surface area contributed by atoms with Crippen molar-refractivity contribution in [3.63, 3.8) is 0 Å². The van der Waals surface area contributed by atoms with E-state index in [2.05, 4.69) is 10.00 Å². The average Bonchev–Trinajstić information content (AvgIpc) is 3.27. The number of carbonyl (C=O) groups excluding carboxylic acids is 1. The normalized spacial score (nSPS) is 21.7. The van der Waals surface area contributed by atoms with Gasteiger partial charge in [-0.05, 0) is 31.0 Å². The maximum atomic E-state index is 12.5. The van der Waals surface area contributed by atoms with Gasteiger partial charge in [-0.3, -0.25) is 19.2 Å². The lowest BCUT2D eigenvalue weighted by Crippen LogP contribution is -2.41. The van der Waals surface area contributed by atoms with Crippen LogP contribution in [0, 0.1) is 0 Å². The molecule has 2 aromatic rings. The molecule has 2 aliphatic rings. The molecular formula is C17H22N4O3. The fourth-order valence-corrected chi connectivity index (χ4v) is 3.46. The summed E-state index contributed by atoms with van der Waals surface area (Å²) in [5, 5.41) is 5.95.